The second-order valence-electron chi connectivity index (χ2n) is 11.3. The van der Waals surface area contributed by atoms with Gasteiger partial charge >= 0.3 is 0 Å². The first-order valence-corrected chi connectivity index (χ1v) is 12.3. The lowest BCUT2D eigenvalue weighted by molar-refractivity contribution is -0.131. The van der Waals surface area contributed by atoms with E-state index in [9.17, 15) is 9.90 Å². The summed E-state index contributed by atoms with van der Waals surface area (Å²) in [7, 11) is 0. The molecule has 0 atom stereocenters. The maximum atomic E-state index is 13.0. The van der Waals surface area contributed by atoms with E-state index in [1.165, 1.54) is 5.56 Å². The summed E-state index contributed by atoms with van der Waals surface area (Å²) in [5.74, 6) is 0.581. The first-order chi connectivity index (χ1) is 15.3. The summed E-state index contributed by atoms with van der Waals surface area (Å²) in [4.78, 5) is 17.3. The van der Waals surface area contributed by atoms with Crippen LogP contribution in [0.5, 0.6) is 5.75 Å². The number of nitrogens with zero attached hydrogens (tertiary/aromatic N) is 2. The summed E-state index contributed by atoms with van der Waals surface area (Å²) in [6.45, 7) is 17.9. The third kappa shape index (κ3) is 6.03. The Labute approximate surface area is 204 Å². The van der Waals surface area contributed by atoms with Gasteiger partial charge in [-0.3, -0.25) is 4.79 Å². The van der Waals surface area contributed by atoms with E-state index < -0.39 is 0 Å². The van der Waals surface area contributed by atoms with E-state index >= 15 is 0 Å². The molecule has 3 rings (SSSR count). The first kappa shape index (κ1) is 25.4. The van der Waals surface area contributed by atoms with Gasteiger partial charge in [-0.25, -0.2) is 0 Å². The summed E-state index contributed by atoms with van der Waals surface area (Å²) in [5, 5.41) is 11.7. The van der Waals surface area contributed by atoms with Crippen molar-refractivity contribution in [2.24, 2.45) is 0 Å². The Hall–Kier alpha value is -2.20. The second-order valence-corrected chi connectivity index (χ2v) is 11.8. The van der Waals surface area contributed by atoms with Gasteiger partial charge < -0.3 is 14.9 Å². The third-order valence-electron chi connectivity index (χ3n) is 6.56. The number of piperazine rings is 1. The van der Waals surface area contributed by atoms with Crippen molar-refractivity contribution in [2.75, 3.05) is 31.1 Å². The van der Waals surface area contributed by atoms with Gasteiger partial charge in [-0.1, -0.05) is 71.3 Å². The normalized spacial score (nSPS) is 15.2. The van der Waals surface area contributed by atoms with Gasteiger partial charge in [-0.2, -0.15) is 0 Å². The maximum Gasteiger partial charge on any atom is 0.223 e. The van der Waals surface area contributed by atoms with Crippen molar-refractivity contribution in [3.05, 3.63) is 57.6 Å². The summed E-state index contributed by atoms with van der Waals surface area (Å²) < 4.78 is 0. The van der Waals surface area contributed by atoms with Crippen LogP contribution >= 0.6 is 11.6 Å². The summed E-state index contributed by atoms with van der Waals surface area (Å²) >= 11 is 6.20. The molecule has 0 bridgehead atoms. The zero-order valence-corrected chi connectivity index (χ0v) is 22.0. The highest BCUT2D eigenvalue weighted by Crippen LogP contribution is 2.40. The van der Waals surface area contributed by atoms with Gasteiger partial charge in [0.05, 0.1) is 0 Å². The molecule has 180 valence electrons. The minimum Gasteiger partial charge on any atom is -0.507 e. The summed E-state index contributed by atoms with van der Waals surface area (Å²) in [6, 6.07) is 10.1. The van der Waals surface area contributed by atoms with Crippen LogP contribution in [0.3, 0.4) is 0 Å². The number of hydrogen-bond donors (Lipinski definition) is 1. The summed E-state index contributed by atoms with van der Waals surface area (Å²) in [5.41, 5.74) is 5.03. The molecule has 0 unspecified atom stereocenters. The van der Waals surface area contributed by atoms with Gasteiger partial charge in [-0.05, 0) is 58.6 Å². The van der Waals surface area contributed by atoms with Gasteiger partial charge in [0.2, 0.25) is 5.91 Å². The average Bonchev–Trinajstić information content (AvgIpc) is 2.73. The number of phenols is 1. The molecule has 2 aromatic carbocycles. The van der Waals surface area contributed by atoms with E-state index in [0.717, 1.165) is 53.6 Å². The molecule has 1 aliphatic heterocycles. The van der Waals surface area contributed by atoms with Crippen LogP contribution in [0.2, 0.25) is 5.02 Å². The largest absolute Gasteiger partial charge is 0.507 e. The maximum absolute atomic E-state index is 13.0. The Morgan fingerprint density at radius 2 is 1.48 bits per heavy atom. The van der Waals surface area contributed by atoms with Crippen LogP contribution in [-0.4, -0.2) is 42.1 Å². The van der Waals surface area contributed by atoms with Crippen molar-refractivity contribution in [3.63, 3.8) is 0 Å². The van der Waals surface area contributed by atoms with Gasteiger partial charge in [0, 0.05) is 43.3 Å². The van der Waals surface area contributed by atoms with Crippen molar-refractivity contribution in [1.82, 2.24) is 4.90 Å². The molecule has 0 aromatic heterocycles. The highest BCUT2D eigenvalue weighted by molar-refractivity contribution is 6.30. The van der Waals surface area contributed by atoms with Crippen molar-refractivity contribution < 1.29 is 9.90 Å². The van der Waals surface area contributed by atoms with Crippen LogP contribution in [0.15, 0.2) is 30.3 Å². The number of halogens is 1. The van der Waals surface area contributed by atoms with Gasteiger partial charge in [0.1, 0.15) is 5.75 Å². The van der Waals surface area contributed by atoms with Crippen LogP contribution in [0.4, 0.5) is 5.69 Å². The lowest BCUT2D eigenvalue weighted by Crippen LogP contribution is -2.49. The number of phenolic OH excluding ortho intramolecular Hbond substituents is 1. The van der Waals surface area contributed by atoms with Crippen LogP contribution in [-0.2, 0) is 22.0 Å². The first-order valence-electron chi connectivity index (χ1n) is 11.9. The number of hydrogen-bond acceptors (Lipinski definition) is 3. The highest BCUT2D eigenvalue weighted by atomic mass is 35.5. The lowest BCUT2D eigenvalue weighted by atomic mass is 9.78. The molecule has 4 nitrogen and oxygen atoms in total. The van der Waals surface area contributed by atoms with Crippen LogP contribution in [0.1, 0.15) is 70.2 Å². The second kappa shape index (κ2) is 9.58. The average molecular weight is 471 g/mol. The monoisotopic (exact) mass is 470 g/mol. The Bertz CT molecular complexity index is 975. The molecule has 0 aliphatic carbocycles. The van der Waals surface area contributed by atoms with Crippen LogP contribution in [0.25, 0.3) is 0 Å². The smallest absolute Gasteiger partial charge is 0.223 e. The molecule has 1 amide bonds. The number of carbonyl (C=O) groups is 1. The molecular formula is C28H39ClN2O2. The third-order valence-corrected chi connectivity index (χ3v) is 6.79. The molecule has 1 saturated heterocycles. The summed E-state index contributed by atoms with van der Waals surface area (Å²) in [6.07, 6.45) is 1.16. The van der Waals surface area contributed by atoms with Gasteiger partial charge in [0.25, 0.3) is 0 Å². The Morgan fingerprint density at radius 3 is 2.00 bits per heavy atom. The number of rotatable bonds is 4. The molecule has 5 heteroatoms. The number of aryl methyl sites for hydroxylation is 2. The van der Waals surface area contributed by atoms with Gasteiger partial charge in [0.15, 0.2) is 0 Å². The molecule has 1 fully saturated rings. The Morgan fingerprint density at radius 1 is 0.939 bits per heavy atom. The minimum atomic E-state index is -0.168. The molecule has 0 spiro atoms. The van der Waals surface area contributed by atoms with Crippen molar-refractivity contribution >= 4 is 23.2 Å². The SMILES string of the molecule is Cc1ccc(Cl)cc1N1CCN(C(=O)CCc2cc(C(C)(C)C)c(O)c(C(C)(C)C)c2)CC1. The molecule has 0 radical (unpaired) electrons. The fraction of sp³-hybridized carbons (Fsp3) is 0.536. The molecule has 0 saturated carbocycles. The topological polar surface area (TPSA) is 43.8 Å². The number of amides is 1. The zero-order valence-electron chi connectivity index (χ0n) is 21.3. The van der Waals surface area contributed by atoms with E-state index in [4.69, 9.17) is 11.6 Å². The number of carbonyl (C=O) groups excluding carboxylic acids is 1. The molecule has 33 heavy (non-hydrogen) atoms. The zero-order chi connectivity index (χ0) is 24.6. The Balaban J connectivity index is 1.67. The van der Waals surface area contributed by atoms with Crippen molar-refractivity contribution in [2.45, 2.75) is 72.1 Å². The van der Waals surface area contributed by atoms with E-state index in [1.807, 2.05) is 23.1 Å². The fourth-order valence-electron chi connectivity index (χ4n) is 4.51. The van der Waals surface area contributed by atoms with Crippen LogP contribution < -0.4 is 4.90 Å². The number of aromatic hydroxyl groups is 1. The van der Waals surface area contributed by atoms with E-state index in [-0.39, 0.29) is 16.7 Å². The highest BCUT2D eigenvalue weighted by Gasteiger charge is 2.27. The van der Waals surface area contributed by atoms with Gasteiger partial charge in [-0.15, -0.1) is 0 Å². The van der Waals surface area contributed by atoms with Crippen molar-refractivity contribution in [1.29, 1.82) is 0 Å². The lowest BCUT2D eigenvalue weighted by Gasteiger charge is -2.37. The molecule has 2 aromatic rings. The quantitative estimate of drug-likeness (QED) is 0.575. The standard InChI is InChI=1S/C28H39ClN2O2/c1-19-8-10-21(29)18-24(19)30-12-14-31(15-13-30)25(32)11-9-20-16-22(27(2,3)4)26(33)23(17-20)28(5,6)7/h8,10,16-18,33H,9,11-15H2,1-7H3. The molecule has 1 aliphatic rings. The molecular weight excluding hydrogens is 432 g/mol. The fourth-order valence-corrected chi connectivity index (χ4v) is 4.68. The van der Waals surface area contributed by atoms with Crippen LogP contribution in [0, 0.1) is 6.92 Å². The molecule has 1 heterocycles. The van der Waals surface area contributed by atoms with E-state index in [2.05, 4.69) is 65.5 Å². The predicted molar refractivity (Wildman–Crippen MR) is 139 cm³/mol. The number of anilines is 1. The minimum absolute atomic E-state index is 0.168. The van der Waals surface area contributed by atoms with E-state index in [0.29, 0.717) is 18.6 Å². The predicted octanol–water partition coefficient (Wildman–Crippen LogP) is 6.23. The van der Waals surface area contributed by atoms with Crippen molar-refractivity contribution in [3.8, 4) is 5.75 Å². The van der Waals surface area contributed by atoms with E-state index in [1.54, 1.807) is 0 Å². The number of benzene rings is 2. The molecule has 1 N–H and O–H groups in total. The Kier molecular flexibility index (Phi) is 7.38.